The minimum absolute atomic E-state index is 0.0450. The third-order valence-electron chi connectivity index (χ3n) is 4.88. The van der Waals surface area contributed by atoms with E-state index in [1.54, 1.807) is 23.1 Å². The number of nitrogens with one attached hydrogen (secondary N) is 1. The second-order valence-corrected chi connectivity index (χ2v) is 7.97. The molecule has 0 aromatic heterocycles. The van der Waals surface area contributed by atoms with Crippen LogP contribution in [0.3, 0.4) is 0 Å². The average molecular weight is 381 g/mol. The van der Waals surface area contributed by atoms with Crippen LogP contribution in [0.2, 0.25) is 5.02 Å². The molecule has 0 aliphatic carbocycles. The molecule has 1 fully saturated rings. The van der Waals surface area contributed by atoms with Crippen molar-refractivity contribution in [1.82, 2.24) is 10.2 Å². The van der Waals surface area contributed by atoms with Crippen LogP contribution in [0.5, 0.6) is 5.75 Å². The molecule has 0 saturated carbocycles. The molecule has 6 heteroatoms. The number of carbonyl (C=O) groups is 2. The van der Waals surface area contributed by atoms with Crippen LogP contribution in [0, 0.1) is 5.92 Å². The predicted molar refractivity (Wildman–Crippen MR) is 104 cm³/mol. The Kier molecular flexibility index (Phi) is 6.93. The van der Waals surface area contributed by atoms with Crippen LogP contribution < -0.4 is 10.1 Å². The molecule has 2 amide bonds. The second kappa shape index (κ2) is 8.76. The summed E-state index contributed by atoms with van der Waals surface area (Å²) in [5, 5.41) is 3.65. The first-order valence-electron chi connectivity index (χ1n) is 9.22. The van der Waals surface area contributed by atoms with Gasteiger partial charge >= 0.3 is 0 Å². The third-order valence-corrected chi connectivity index (χ3v) is 5.12. The summed E-state index contributed by atoms with van der Waals surface area (Å²) in [7, 11) is 1.54. The van der Waals surface area contributed by atoms with Gasteiger partial charge in [0, 0.05) is 29.6 Å². The average Bonchev–Trinajstić information content (AvgIpc) is 2.60. The number of nitrogens with zero attached hydrogens (tertiary/aromatic N) is 1. The Morgan fingerprint density at radius 1 is 1.31 bits per heavy atom. The SMILES string of the molecule is CCCC(C)(C)NC(=O)C1CCN(C(=O)c2cc(Cl)ccc2OC)CC1. The van der Waals surface area contributed by atoms with Crippen LogP contribution in [-0.4, -0.2) is 42.5 Å². The van der Waals surface area contributed by atoms with Crippen LogP contribution >= 0.6 is 11.6 Å². The zero-order chi connectivity index (χ0) is 19.3. The quantitative estimate of drug-likeness (QED) is 0.814. The molecule has 26 heavy (non-hydrogen) atoms. The Bertz CT molecular complexity index is 652. The lowest BCUT2D eigenvalue weighted by molar-refractivity contribution is -0.128. The lowest BCUT2D eigenvalue weighted by Gasteiger charge is -2.34. The van der Waals surface area contributed by atoms with Gasteiger partial charge in [-0.3, -0.25) is 9.59 Å². The van der Waals surface area contributed by atoms with Crippen LogP contribution in [0.25, 0.3) is 0 Å². The molecule has 0 unspecified atom stereocenters. The zero-order valence-electron chi connectivity index (χ0n) is 16.1. The van der Waals surface area contributed by atoms with Crippen LogP contribution in [0.1, 0.15) is 56.8 Å². The molecule has 144 valence electrons. The zero-order valence-corrected chi connectivity index (χ0v) is 16.9. The van der Waals surface area contributed by atoms with E-state index in [-0.39, 0.29) is 23.3 Å². The maximum atomic E-state index is 12.8. The summed E-state index contributed by atoms with van der Waals surface area (Å²) in [6.07, 6.45) is 3.32. The molecule has 1 aliphatic heterocycles. The minimum Gasteiger partial charge on any atom is -0.496 e. The van der Waals surface area contributed by atoms with Crippen molar-refractivity contribution in [2.75, 3.05) is 20.2 Å². The van der Waals surface area contributed by atoms with E-state index in [1.165, 1.54) is 7.11 Å². The summed E-state index contributed by atoms with van der Waals surface area (Å²) >= 11 is 6.03. The Morgan fingerprint density at radius 3 is 2.54 bits per heavy atom. The maximum absolute atomic E-state index is 12.8. The number of ether oxygens (including phenoxy) is 1. The van der Waals surface area contributed by atoms with Crippen molar-refractivity contribution in [3.05, 3.63) is 28.8 Å². The number of amides is 2. The Morgan fingerprint density at radius 2 is 1.96 bits per heavy atom. The fourth-order valence-corrected chi connectivity index (χ4v) is 3.66. The smallest absolute Gasteiger partial charge is 0.257 e. The first kappa shape index (κ1) is 20.6. The van der Waals surface area contributed by atoms with Gasteiger partial charge < -0.3 is 15.0 Å². The van der Waals surface area contributed by atoms with Gasteiger partial charge in [0.25, 0.3) is 5.91 Å². The molecule has 0 radical (unpaired) electrons. The fourth-order valence-electron chi connectivity index (χ4n) is 3.49. The van der Waals surface area contributed by atoms with Crippen molar-refractivity contribution in [1.29, 1.82) is 0 Å². The first-order valence-corrected chi connectivity index (χ1v) is 9.60. The van der Waals surface area contributed by atoms with Crippen LogP contribution in [0.15, 0.2) is 18.2 Å². The van der Waals surface area contributed by atoms with Crippen molar-refractivity contribution in [3.8, 4) is 5.75 Å². The molecule has 5 nitrogen and oxygen atoms in total. The van der Waals surface area contributed by atoms with Crippen molar-refractivity contribution < 1.29 is 14.3 Å². The van der Waals surface area contributed by atoms with Crippen molar-refractivity contribution in [2.24, 2.45) is 5.92 Å². The fraction of sp³-hybridized carbons (Fsp3) is 0.600. The highest BCUT2D eigenvalue weighted by Gasteiger charge is 2.31. The van der Waals surface area contributed by atoms with Gasteiger partial charge in [-0.05, 0) is 51.3 Å². The number of methoxy groups -OCH3 is 1. The largest absolute Gasteiger partial charge is 0.496 e. The molecule has 1 aliphatic rings. The van der Waals surface area contributed by atoms with Gasteiger partial charge in [0.1, 0.15) is 5.75 Å². The molecule has 1 N–H and O–H groups in total. The van der Waals surface area contributed by atoms with Gasteiger partial charge in [0.2, 0.25) is 5.91 Å². The summed E-state index contributed by atoms with van der Waals surface area (Å²) in [6, 6.07) is 5.03. The molecular weight excluding hydrogens is 352 g/mol. The number of rotatable bonds is 6. The number of piperidine rings is 1. The van der Waals surface area contributed by atoms with Crippen molar-refractivity contribution >= 4 is 23.4 Å². The molecule has 0 spiro atoms. The summed E-state index contributed by atoms with van der Waals surface area (Å²) in [4.78, 5) is 27.1. The highest BCUT2D eigenvalue weighted by atomic mass is 35.5. The standard InChI is InChI=1S/C20H29ClN2O3/c1-5-10-20(2,3)22-18(24)14-8-11-23(12-9-14)19(25)16-13-15(21)6-7-17(16)26-4/h6-7,13-14H,5,8-12H2,1-4H3,(H,22,24). The number of carbonyl (C=O) groups excluding carboxylic acids is 2. The van der Waals surface area contributed by atoms with Crippen molar-refractivity contribution in [2.45, 2.75) is 52.0 Å². The lowest BCUT2D eigenvalue weighted by Crippen LogP contribution is -2.49. The summed E-state index contributed by atoms with van der Waals surface area (Å²) in [5.74, 6) is 0.461. The normalized spacial score (nSPS) is 15.7. The minimum atomic E-state index is -0.188. The van der Waals surface area contributed by atoms with E-state index in [0.717, 1.165) is 12.8 Å². The Balaban J connectivity index is 1.97. The molecular formula is C20H29ClN2O3. The summed E-state index contributed by atoms with van der Waals surface area (Å²) in [6.45, 7) is 7.33. The van der Waals surface area contributed by atoms with E-state index in [4.69, 9.17) is 16.3 Å². The first-order chi connectivity index (χ1) is 12.3. The molecule has 2 rings (SSSR count). The summed E-state index contributed by atoms with van der Waals surface area (Å²) in [5.41, 5.74) is 0.277. The van der Waals surface area contributed by atoms with Gasteiger partial charge in [-0.1, -0.05) is 24.9 Å². The van der Waals surface area contributed by atoms with E-state index in [1.807, 2.05) is 0 Å². The maximum Gasteiger partial charge on any atom is 0.257 e. The van der Waals surface area contributed by atoms with Gasteiger partial charge in [-0.25, -0.2) is 0 Å². The number of benzene rings is 1. The molecule has 1 aromatic carbocycles. The highest BCUT2D eigenvalue weighted by Crippen LogP contribution is 2.27. The van der Waals surface area contributed by atoms with Gasteiger partial charge in [-0.15, -0.1) is 0 Å². The van der Waals surface area contributed by atoms with E-state index < -0.39 is 0 Å². The van der Waals surface area contributed by atoms with Gasteiger partial charge in [-0.2, -0.15) is 0 Å². The predicted octanol–water partition coefficient (Wildman–Crippen LogP) is 3.90. The van der Waals surface area contributed by atoms with Crippen LogP contribution in [-0.2, 0) is 4.79 Å². The monoisotopic (exact) mass is 380 g/mol. The number of likely N-dealkylation sites (tertiary alicyclic amines) is 1. The number of halogens is 1. The van der Waals surface area contributed by atoms with E-state index in [2.05, 4.69) is 26.1 Å². The van der Waals surface area contributed by atoms with Crippen molar-refractivity contribution in [3.63, 3.8) is 0 Å². The second-order valence-electron chi connectivity index (χ2n) is 7.53. The summed E-state index contributed by atoms with van der Waals surface area (Å²) < 4.78 is 5.28. The van der Waals surface area contributed by atoms with E-state index in [9.17, 15) is 9.59 Å². The van der Waals surface area contributed by atoms with Crippen LogP contribution in [0.4, 0.5) is 0 Å². The molecule has 1 aromatic rings. The molecule has 0 bridgehead atoms. The lowest BCUT2D eigenvalue weighted by atomic mass is 9.92. The van der Waals surface area contributed by atoms with Gasteiger partial charge in [0.15, 0.2) is 0 Å². The van der Waals surface area contributed by atoms with E-state index in [0.29, 0.717) is 42.3 Å². The van der Waals surface area contributed by atoms with E-state index >= 15 is 0 Å². The van der Waals surface area contributed by atoms with Gasteiger partial charge in [0.05, 0.1) is 12.7 Å². The highest BCUT2D eigenvalue weighted by molar-refractivity contribution is 6.31. The Labute approximate surface area is 161 Å². The Hall–Kier alpha value is -1.75. The number of hydrogen-bond acceptors (Lipinski definition) is 3. The topological polar surface area (TPSA) is 58.6 Å². The number of hydrogen-bond donors (Lipinski definition) is 1. The molecule has 1 heterocycles. The molecule has 1 saturated heterocycles. The third kappa shape index (κ3) is 5.13. The molecule has 0 atom stereocenters.